The summed E-state index contributed by atoms with van der Waals surface area (Å²) >= 11 is 7.50. The highest BCUT2D eigenvalue weighted by atomic mass is 35.5. The molecular formula is C28H29ClF3N5S. The fraction of sp³-hybridized carbons (Fsp3) is 0.321. The number of hydrogen-bond acceptors (Lipinski definition) is 6. The van der Waals surface area contributed by atoms with E-state index in [-0.39, 0.29) is 11.0 Å². The van der Waals surface area contributed by atoms with E-state index in [0.29, 0.717) is 26.2 Å². The molecule has 2 aliphatic rings. The molecular weight excluding hydrogens is 531 g/mol. The van der Waals surface area contributed by atoms with E-state index in [1.54, 1.807) is 11.9 Å². The van der Waals surface area contributed by atoms with Gasteiger partial charge < -0.3 is 15.1 Å². The van der Waals surface area contributed by atoms with E-state index in [0.717, 1.165) is 47.1 Å². The number of alkyl halides is 3. The lowest BCUT2D eigenvalue weighted by Gasteiger charge is -2.34. The molecule has 5 nitrogen and oxygen atoms in total. The minimum atomic E-state index is -4.45. The van der Waals surface area contributed by atoms with Gasteiger partial charge in [-0.2, -0.15) is 13.2 Å². The molecule has 1 N–H and O–H groups in total. The second-order valence-corrected chi connectivity index (χ2v) is 11.0. The lowest BCUT2D eigenvalue weighted by atomic mass is 10.1. The minimum Gasteiger partial charge on any atom is -0.372 e. The Morgan fingerprint density at radius 1 is 0.895 bits per heavy atom. The molecule has 2 aliphatic heterocycles. The van der Waals surface area contributed by atoms with Crippen LogP contribution in [0.25, 0.3) is 5.70 Å². The van der Waals surface area contributed by atoms with Crippen molar-refractivity contribution in [1.82, 2.24) is 9.29 Å². The van der Waals surface area contributed by atoms with Gasteiger partial charge >= 0.3 is 6.18 Å². The summed E-state index contributed by atoms with van der Waals surface area (Å²) in [5.74, 6) is 0.260. The SMILES string of the molecule is C=C(Nc1ccc(SN2CCN(c3cc(C(F)(F)F)cc(Cl)n3)CC2)cc1)c1cccc(N2CCCC2)c1. The number of benzene rings is 2. The van der Waals surface area contributed by atoms with Crippen LogP contribution in [0, 0.1) is 0 Å². The van der Waals surface area contributed by atoms with Gasteiger partial charge in [-0.05, 0) is 78.9 Å². The Labute approximate surface area is 230 Å². The zero-order chi connectivity index (χ0) is 26.7. The smallest absolute Gasteiger partial charge is 0.372 e. The predicted molar refractivity (Wildman–Crippen MR) is 151 cm³/mol. The highest BCUT2D eigenvalue weighted by Crippen LogP contribution is 2.34. The van der Waals surface area contributed by atoms with Crippen LogP contribution in [-0.2, 0) is 6.18 Å². The molecule has 3 heterocycles. The average Bonchev–Trinajstić information content (AvgIpc) is 3.45. The molecule has 0 atom stereocenters. The van der Waals surface area contributed by atoms with Gasteiger partial charge in [-0.1, -0.05) is 30.3 Å². The fourth-order valence-electron chi connectivity index (χ4n) is 4.68. The van der Waals surface area contributed by atoms with Crippen molar-refractivity contribution in [1.29, 1.82) is 0 Å². The number of halogens is 4. The second kappa shape index (κ2) is 11.5. The standard InChI is InChI=1S/C28H29ClF3N5S/c1-20(21-5-4-6-24(17-21)35-11-2-3-12-35)33-23-7-9-25(10-8-23)38-37-15-13-36(14-16-37)27-19-22(28(30,31)32)18-26(29)34-27/h4-10,17-19,33H,1-3,11-16H2. The number of aromatic nitrogens is 1. The first-order chi connectivity index (χ1) is 18.2. The van der Waals surface area contributed by atoms with E-state index < -0.39 is 11.7 Å². The van der Waals surface area contributed by atoms with Gasteiger partial charge in [0.1, 0.15) is 11.0 Å². The number of nitrogens with zero attached hydrogens (tertiary/aromatic N) is 4. The molecule has 0 radical (unpaired) electrons. The topological polar surface area (TPSA) is 34.6 Å². The van der Waals surface area contributed by atoms with E-state index in [4.69, 9.17) is 11.6 Å². The molecule has 1 aromatic heterocycles. The van der Waals surface area contributed by atoms with Crippen molar-refractivity contribution in [3.05, 3.63) is 83.5 Å². The Morgan fingerprint density at radius 2 is 1.61 bits per heavy atom. The van der Waals surface area contributed by atoms with Crippen LogP contribution < -0.4 is 15.1 Å². The molecule has 2 saturated heterocycles. The predicted octanol–water partition coefficient (Wildman–Crippen LogP) is 7.27. The Morgan fingerprint density at radius 3 is 2.29 bits per heavy atom. The largest absolute Gasteiger partial charge is 0.416 e. The normalized spacial score (nSPS) is 16.6. The van der Waals surface area contributed by atoms with E-state index in [2.05, 4.69) is 62.5 Å². The summed E-state index contributed by atoms with van der Waals surface area (Å²) in [6.07, 6.45) is -1.97. The van der Waals surface area contributed by atoms with Crippen LogP contribution in [0.4, 0.5) is 30.4 Å². The zero-order valence-corrected chi connectivity index (χ0v) is 22.4. The van der Waals surface area contributed by atoms with E-state index in [1.165, 1.54) is 18.5 Å². The molecule has 200 valence electrons. The molecule has 0 unspecified atom stereocenters. The average molecular weight is 560 g/mol. The molecule has 0 aliphatic carbocycles. The number of pyridine rings is 1. The summed E-state index contributed by atoms with van der Waals surface area (Å²) in [5, 5.41) is 3.26. The molecule has 10 heteroatoms. The van der Waals surface area contributed by atoms with E-state index in [9.17, 15) is 13.2 Å². The van der Waals surface area contributed by atoms with Crippen molar-refractivity contribution in [2.45, 2.75) is 23.9 Å². The van der Waals surface area contributed by atoms with Gasteiger partial charge in [-0.3, -0.25) is 0 Å². The molecule has 5 rings (SSSR count). The third-order valence-electron chi connectivity index (χ3n) is 6.72. The van der Waals surface area contributed by atoms with E-state index >= 15 is 0 Å². The summed E-state index contributed by atoms with van der Waals surface area (Å²) in [7, 11) is 0. The quantitative estimate of drug-likeness (QED) is 0.242. The molecule has 38 heavy (non-hydrogen) atoms. The maximum absolute atomic E-state index is 13.2. The summed E-state index contributed by atoms with van der Waals surface area (Å²) in [6.45, 7) is 8.94. The van der Waals surface area contributed by atoms with Gasteiger partial charge in [0, 0.05) is 61.2 Å². The van der Waals surface area contributed by atoms with Gasteiger partial charge in [-0.15, -0.1) is 0 Å². The van der Waals surface area contributed by atoms with Crippen molar-refractivity contribution < 1.29 is 13.2 Å². The number of piperazine rings is 1. The van der Waals surface area contributed by atoms with Crippen LogP contribution in [-0.4, -0.2) is 48.6 Å². The van der Waals surface area contributed by atoms with E-state index in [1.807, 2.05) is 17.0 Å². The first-order valence-electron chi connectivity index (χ1n) is 12.6. The Balaban J connectivity index is 1.14. The summed E-state index contributed by atoms with van der Waals surface area (Å²) in [4.78, 5) is 9.45. The van der Waals surface area contributed by atoms with Gasteiger partial charge in [0.25, 0.3) is 0 Å². The third-order valence-corrected chi connectivity index (χ3v) is 8.02. The van der Waals surface area contributed by atoms with Gasteiger partial charge in [0.2, 0.25) is 0 Å². The molecule has 2 fully saturated rings. The Bertz CT molecular complexity index is 1270. The molecule has 0 spiro atoms. The van der Waals surface area contributed by atoms with Crippen LogP contribution >= 0.6 is 23.5 Å². The summed E-state index contributed by atoms with van der Waals surface area (Å²) in [5.41, 5.74) is 3.35. The minimum absolute atomic E-state index is 0.151. The highest BCUT2D eigenvalue weighted by molar-refractivity contribution is 7.97. The number of rotatable bonds is 7. The maximum Gasteiger partial charge on any atom is 0.416 e. The molecule has 3 aromatic rings. The highest BCUT2D eigenvalue weighted by Gasteiger charge is 2.32. The van der Waals surface area contributed by atoms with Crippen molar-refractivity contribution in [3.8, 4) is 0 Å². The van der Waals surface area contributed by atoms with Crippen LogP contribution in [0.5, 0.6) is 0 Å². The van der Waals surface area contributed by atoms with Gasteiger partial charge in [-0.25, -0.2) is 9.29 Å². The maximum atomic E-state index is 13.2. The zero-order valence-electron chi connectivity index (χ0n) is 20.8. The second-order valence-electron chi connectivity index (χ2n) is 9.41. The Kier molecular flexibility index (Phi) is 8.07. The van der Waals surface area contributed by atoms with Crippen LogP contribution in [0.2, 0.25) is 5.15 Å². The number of nitrogens with one attached hydrogen (secondary N) is 1. The first kappa shape index (κ1) is 26.7. The van der Waals surface area contributed by atoms with Gasteiger partial charge in [0.05, 0.1) is 5.56 Å². The van der Waals surface area contributed by atoms with Gasteiger partial charge in [0.15, 0.2) is 0 Å². The summed E-state index contributed by atoms with van der Waals surface area (Å²) < 4.78 is 41.7. The number of hydrogen-bond donors (Lipinski definition) is 1. The van der Waals surface area contributed by atoms with Crippen LogP contribution in [0.1, 0.15) is 24.0 Å². The molecule has 2 aromatic carbocycles. The van der Waals surface area contributed by atoms with Crippen molar-refractivity contribution in [2.75, 3.05) is 54.4 Å². The van der Waals surface area contributed by atoms with Crippen LogP contribution in [0.15, 0.2) is 72.1 Å². The van der Waals surface area contributed by atoms with Crippen molar-refractivity contribution >= 4 is 46.4 Å². The lowest BCUT2D eigenvalue weighted by Crippen LogP contribution is -2.43. The van der Waals surface area contributed by atoms with Crippen molar-refractivity contribution in [3.63, 3.8) is 0 Å². The molecule has 0 bridgehead atoms. The van der Waals surface area contributed by atoms with Crippen LogP contribution in [0.3, 0.4) is 0 Å². The lowest BCUT2D eigenvalue weighted by molar-refractivity contribution is -0.137. The Hall–Kier alpha value is -2.88. The molecule has 0 saturated carbocycles. The van der Waals surface area contributed by atoms with Crippen molar-refractivity contribution in [2.24, 2.45) is 0 Å². The summed E-state index contributed by atoms with van der Waals surface area (Å²) in [6, 6.07) is 18.6. The fourth-order valence-corrected chi connectivity index (χ4v) is 5.78. The monoisotopic (exact) mass is 559 g/mol. The first-order valence-corrected chi connectivity index (χ1v) is 13.7. The molecule has 0 amide bonds. The number of anilines is 3. The third kappa shape index (κ3) is 6.57.